The third-order valence-corrected chi connectivity index (χ3v) is 3.91. The lowest BCUT2D eigenvalue weighted by Crippen LogP contribution is -2.37. The number of nitrogens with two attached hydrogens (primary N) is 1. The van der Waals surface area contributed by atoms with Crippen molar-refractivity contribution in [3.63, 3.8) is 0 Å². The molecule has 3 rings (SSSR count). The van der Waals surface area contributed by atoms with Crippen LogP contribution in [-0.4, -0.2) is 28.9 Å². The van der Waals surface area contributed by atoms with Gasteiger partial charge in [-0.05, 0) is 17.7 Å². The number of nitrogens with zero attached hydrogens (tertiary/aromatic N) is 2. The summed E-state index contributed by atoms with van der Waals surface area (Å²) in [4.78, 5) is 18.3. The Labute approximate surface area is 135 Å². The molecule has 2 aromatic rings. The minimum absolute atomic E-state index is 0.374. The predicted molar refractivity (Wildman–Crippen MR) is 90.4 cm³/mol. The Hall–Kier alpha value is -2.66. The molecule has 0 bridgehead atoms. The van der Waals surface area contributed by atoms with Gasteiger partial charge in [0.2, 0.25) is 5.91 Å². The SMILES string of the molecule is NC(=O)C1=C(Nc2ccccn2)CCN(Cc2ccccc2)C1. The monoisotopic (exact) mass is 308 g/mol. The number of carbonyl (C=O) groups is 1. The second kappa shape index (κ2) is 7.07. The highest BCUT2D eigenvalue weighted by Gasteiger charge is 2.22. The van der Waals surface area contributed by atoms with Crippen LogP contribution in [0.25, 0.3) is 0 Å². The molecule has 118 valence electrons. The molecule has 0 fully saturated rings. The Balaban J connectivity index is 1.74. The van der Waals surface area contributed by atoms with E-state index in [1.165, 1.54) is 5.56 Å². The number of hydrogen-bond acceptors (Lipinski definition) is 4. The molecule has 0 saturated heterocycles. The second-order valence-electron chi connectivity index (χ2n) is 5.61. The molecule has 1 aliphatic heterocycles. The number of hydrogen-bond donors (Lipinski definition) is 2. The van der Waals surface area contributed by atoms with Gasteiger partial charge in [0.15, 0.2) is 0 Å². The number of benzene rings is 1. The molecule has 23 heavy (non-hydrogen) atoms. The van der Waals surface area contributed by atoms with Gasteiger partial charge in [-0.15, -0.1) is 0 Å². The van der Waals surface area contributed by atoms with Crippen molar-refractivity contribution in [1.82, 2.24) is 9.88 Å². The van der Waals surface area contributed by atoms with Crippen LogP contribution in [0.1, 0.15) is 12.0 Å². The van der Waals surface area contributed by atoms with Gasteiger partial charge in [0.05, 0.1) is 5.57 Å². The van der Waals surface area contributed by atoms with Crippen molar-refractivity contribution >= 4 is 11.7 Å². The lowest BCUT2D eigenvalue weighted by molar-refractivity contribution is -0.115. The number of primary amides is 1. The summed E-state index contributed by atoms with van der Waals surface area (Å²) in [6, 6.07) is 15.9. The van der Waals surface area contributed by atoms with Crippen molar-refractivity contribution in [2.24, 2.45) is 5.73 Å². The first-order valence-corrected chi connectivity index (χ1v) is 7.68. The maximum absolute atomic E-state index is 11.8. The fourth-order valence-electron chi connectivity index (χ4n) is 2.75. The number of aromatic nitrogens is 1. The smallest absolute Gasteiger partial charge is 0.247 e. The van der Waals surface area contributed by atoms with Crippen LogP contribution in [0, 0.1) is 0 Å². The highest BCUT2D eigenvalue weighted by molar-refractivity contribution is 5.94. The van der Waals surface area contributed by atoms with Gasteiger partial charge in [-0.2, -0.15) is 0 Å². The third kappa shape index (κ3) is 3.96. The van der Waals surface area contributed by atoms with Gasteiger partial charge in [-0.3, -0.25) is 9.69 Å². The zero-order valence-electron chi connectivity index (χ0n) is 12.9. The van der Waals surface area contributed by atoms with Crippen LogP contribution in [0.15, 0.2) is 66.0 Å². The number of anilines is 1. The molecule has 0 aliphatic carbocycles. The van der Waals surface area contributed by atoms with Gasteiger partial charge in [0, 0.05) is 37.9 Å². The number of rotatable bonds is 5. The second-order valence-corrected chi connectivity index (χ2v) is 5.61. The minimum atomic E-state index is -0.374. The quantitative estimate of drug-likeness (QED) is 0.888. The van der Waals surface area contributed by atoms with Gasteiger partial charge in [0.25, 0.3) is 0 Å². The van der Waals surface area contributed by atoms with E-state index in [9.17, 15) is 4.79 Å². The van der Waals surface area contributed by atoms with E-state index < -0.39 is 0 Å². The van der Waals surface area contributed by atoms with Gasteiger partial charge in [-0.25, -0.2) is 4.98 Å². The van der Waals surface area contributed by atoms with E-state index in [1.54, 1.807) is 6.20 Å². The Morgan fingerprint density at radius 3 is 2.65 bits per heavy atom. The van der Waals surface area contributed by atoms with Crippen molar-refractivity contribution < 1.29 is 4.79 Å². The summed E-state index contributed by atoms with van der Waals surface area (Å²) < 4.78 is 0. The third-order valence-electron chi connectivity index (χ3n) is 3.91. The maximum Gasteiger partial charge on any atom is 0.247 e. The van der Waals surface area contributed by atoms with Gasteiger partial charge in [0.1, 0.15) is 5.82 Å². The summed E-state index contributed by atoms with van der Waals surface area (Å²) in [5.41, 5.74) is 8.33. The lowest BCUT2D eigenvalue weighted by Gasteiger charge is -2.30. The minimum Gasteiger partial charge on any atom is -0.366 e. The Kier molecular flexibility index (Phi) is 4.68. The van der Waals surface area contributed by atoms with Crippen molar-refractivity contribution in [3.8, 4) is 0 Å². The fourth-order valence-corrected chi connectivity index (χ4v) is 2.75. The molecule has 2 heterocycles. The van der Waals surface area contributed by atoms with Gasteiger partial charge in [-0.1, -0.05) is 36.4 Å². The first-order valence-electron chi connectivity index (χ1n) is 7.68. The Bertz CT molecular complexity index is 697. The number of amides is 1. The van der Waals surface area contributed by atoms with Crippen LogP contribution in [0.4, 0.5) is 5.82 Å². The van der Waals surface area contributed by atoms with Crippen molar-refractivity contribution in [2.75, 3.05) is 18.4 Å². The zero-order valence-corrected chi connectivity index (χ0v) is 12.9. The van der Waals surface area contributed by atoms with Crippen molar-refractivity contribution in [1.29, 1.82) is 0 Å². The van der Waals surface area contributed by atoms with Crippen LogP contribution >= 0.6 is 0 Å². The van der Waals surface area contributed by atoms with Crippen LogP contribution in [0.3, 0.4) is 0 Å². The predicted octanol–water partition coefficient (Wildman–Crippen LogP) is 2.14. The average Bonchev–Trinajstić information content (AvgIpc) is 2.58. The summed E-state index contributed by atoms with van der Waals surface area (Å²) in [5.74, 6) is 0.360. The molecule has 0 spiro atoms. The van der Waals surface area contributed by atoms with E-state index in [4.69, 9.17) is 5.73 Å². The van der Waals surface area contributed by atoms with E-state index in [0.29, 0.717) is 12.1 Å². The molecule has 1 amide bonds. The highest BCUT2D eigenvalue weighted by atomic mass is 16.1. The van der Waals surface area contributed by atoms with Gasteiger partial charge < -0.3 is 11.1 Å². The summed E-state index contributed by atoms with van der Waals surface area (Å²) in [6.07, 6.45) is 2.47. The van der Waals surface area contributed by atoms with Crippen LogP contribution in [0.5, 0.6) is 0 Å². The normalized spacial score (nSPS) is 15.5. The van der Waals surface area contributed by atoms with E-state index in [-0.39, 0.29) is 5.91 Å². The van der Waals surface area contributed by atoms with E-state index in [1.807, 2.05) is 36.4 Å². The lowest BCUT2D eigenvalue weighted by atomic mass is 10.0. The molecule has 1 aromatic heterocycles. The summed E-state index contributed by atoms with van der Waals surface area (Å²) in [5, 5.41) is 3.24. The summed E-state index contributed by atoms with van der Waals surface area (Å²) in [7, 11) is 0. The molecule has 0 saturated carbocycles. The van der Waals surface area contributed by atoms with Crippen molar-refractivity contribution in [2.45, 2.75) is 13.0 Å². The van der Waals surface area contributed by atoms with E-state index in [2.05, 4.69) is 27.3 Å². The molecule has 0 unspecified atom stereocenters. The first kappa shape index (κ1) is 15.2. The molecule has 0 radical (unpaired) electrons. The average molecular weight is 308 g/mol. The molecular weight excluding hydrogens is 288 g/mol. The highest BCUT2D eigenvalue weighted by Crippen LogP contribution is 2.21. The molecule has 1 aromatic carbocycles. The maximum atomic E-state index is 11.8. The van der Waals surface area contributed by atoms with Gasteiger partial charge >= 0.3 is 0 Å². The summed E-state index contributed by atoms with van der Waals surface area (Å²) in [6.45, 7) is 2.24. The fraction of sp³-hybridized carbons (Fsp3) is 0.222. The molecule has 3 N–H and O–H groups in total. The number of pyridine rings is 1. The Morgan fingerprint density at radius 2 is 1.96 bits per heavy atom. The van der Waals surface area contributed by atoms with E-state index in [0.717, 1.165) is 31.0 Å². The number of nitrogens with one attached hydrogen (secondary N) is 1. The Morgan fingerprint density at radius 1 is 1.17 bits per heavy atom. The molecular formula is C18H20N4O. The molecule has 5 heteroatoms. The van der Waals surface area contributed by atoms with E-state index >= 15 is 0 Å². The topological polar surface area (TPSA) is 71.2 Å². The summed E-state index contributed by atoms with van der Waals surface area (Å²) >= 11 is 0. The zero-order chi connectivity index (χ0) is 16.1. The van der Waals surface area contributed by atoms with Crippen LogP contribution in [0.2, 0.25) is 0 Å². The largest absolute Gasteiger partial charge is 0.366 e. The molecule has 5 nitrogen and oxygen atoms in total. The van der Waals surface area contributed by atoms with Crippen molar-refractivity contribution in [3.05, 3.63) is 71.6 Å². The van der Waals surface area contributed by atoms with Crippen LogP contribution < -0.4 is 11.1 Å². The van der Waals surface area contributed by atoms with Crippen LogP contribution in [-0.2, 0) is 11.3 Å². The molecule has 1 aliphatic rings. The first-order chi connectivity index (χ1) is 11.2. The number of carbonyl (C=O) groups excluding carboxylic acids is 1. The molecule has 0 atom stereocenters. The standard InChI is InChI=1S/C18H20N4O/c19-18(23)15-13-22(12-14-6-2-1-3-7-14)11-9-16(15)21-17-8-4-5-10-20-17/h1-8,10H,9,11-13H2,(H2,19,23)(H,20,21).